The molecule has 1 amide bonds. The van der Waals surface area contributed by atoms with Crippen molar-refractivity contribution in [1.29, 1.82) is 0 Å². The highest BCUT2D eigenvalue weighted by Gasteiger charge is 2.14. The summed E-state index contributed by atoms with van der Waals surface area (Å²) in [5.41, 5.74) is 1.89. The predicted molar refractivity (Wildman–Crippen MR) is 80.0 cm³/mol. The van der Waals surface area contributed by atoms with Gasteiger partial charge in [0.25, 0.3) is 0 Å². The summed E-state index contributed by atoms with van der Waals surface area (Å²) >= 11 is 0. The van der Waals surface area contributed by atoms with Crippen molar-refractivity contribution in [2.45, 2.75) is 58.1 Å². The molecule has 0 unspecified atom stereocenters. The fraction of sp³-hybridized carbons (Fsp3) is 0.588. The van der Waals surface area contributed by atoms with Crippen molar-refractivity contribution in [3.63, 3.8) is 0 Å². The molecule has 0 aliphatic heterocycles. The molecule has 3 nitrogen and oxygen atoms in total. The van der Waals surface area contributed by atoms with Gasteiger partial charge in [-0.3, -0.25) is 4.79 Å². The molecular weight excluding hydrogens is 250 g/mol. The first-order valence-corrected chi connectivity index (χ1v) is 7.74. The Hall–Kier alpha value is -1.35. The molecule has 20 heavy (non-hydrogen) atoms. The standard InChI is InChI=1S/C17H25NO2/c19-13-16-9-5-4-8-15(16)12-18-17(20)11-10-14-6-2-1-3-7-14/h4-5,8-9,14,19H,1-3,6-7,10-13H2,(H,18,20). The largest absolute Gasteiger partial charge is 0.392 e. The summed E-state index contributed by atoms with van der Waals surface area (Å²) in [5, 5.41) is 12.2. The average Bonchev–Trinajstić information content (AvgIpc) is 2.52. The van der Waals surface area contributed by atoms with Crippen LogP contribution in [0.15, 0.2) is 24.3 Å². The SMILES string of the molecule is O=C(CCC1CCCCC1)NCc1ccccc1CO. The van der Waals surface area contributed by atoms with E-state index in [-0.39, 0.29) is 12.5 Å². The summed E-state index contributed by atoms with van der Waals surface area (Å²) in [7, 11) is 0. The second kappa shape index (κ2) is 8.05. The zero-order chi connectivity index (χ0) is 14.2. The fourth-order valence-electron chi connectivity index (χ4n) is 2.98. The van der Waals surface area contributed by atoms with Crippen LogP contribution < -0.4 is 5.32 Å². The molecule has 0 spiro atoms. The zero-order valence-electron chi connectivity index (χ0n) is 12.1. The van der Waals surface area contributed by atoms with E-state index in [0.717, 1.165) is 23.5 Å². The van der Waals surface area contributed by atoms with Gasteiger partial charge in [-0.05, 0) is 23.5 Å². The monoisotopic (exact) mass is 275 g/mol. The molecule has 0 atom stereocenters. The van der Waals surface area contributed by atoms with Crippen LogP contribution in [0.5, 0.6) is 0 Å². The molecule has 0 saturated heterocycles. The van der Waals surface area contributed by atoms with E-state index in [9.17, 15) is 9.90 Å². The first-order valence-electron chi connectivity index (χ1n) is 7.74. The smallest absolute Gasteiger partial charge is 0.220 e. The summed E-state index contributed by atoms with van der Waals surface area (Å²) in [5.74, 6) is 0.877. The first kappa shape index (κ1) is 15.0. The number of rotatable bonds is 6. The Morgan fingerprint density at radius 1 is 1.15 bits per heavy atom. The Morgan fingerprint density at radius 2 is 1.85 bits per heavy atom. The van der Waals surface area contributed by atoms with Gasteiger partial charge in [0, 0.05) is 13.0 Å². The van der Waals surface area contributed by atoms with E-state index in [1.807, 2.05) is 24.3 Å². The van der Waals surface area contributed by atoms with Gasteiger partial charge >= 0.3 is 0 Å². The van der Waals surface area contributed by atoms with E-state index in [0.29, 0.717) is 13.0 Å². The molecule has 0 radical (unpaired) electrons. The van der Waals surface area contributed by atoms with Crippen LogP contribution in [-0.4, -0.2) is 11.0 Å². The van der Waals surface area contributed by atoms with E-state index in [2.05, 4.69) is 5.32 Å². The lowest BCUT2D eigenvalue weighted by Gasteiger charge is -2.21. The molecule has 1 fully saturated rings. The molecular formula is C17H25NO2. The predicted octanol–water partition coefficient (Wildman–Crippen LogP) is 3.16. The van der Waals surface area contributed by atoms with Gasteiger partial charge < -0.3 is 10.4 Å². The molecule has 110 valence electrons. The van der Waals surface area contributed by atoms with Gasteiger partial charge in [-0.1, -0.05) is 56.4 Å². The lowest BCUT2D eigenvalue weighted by atomic mass is 9.86. The van der Waals surface area contributed by atoms with Gasteiger partial charge in [0.15, 0.2) is 0 Å². The van der Waals surface area contributed by atoms with Gasteiger partial charge in [-0.15, -0.1) is 0 Å². The molecule has 2 rings (SSSR count). The fourth-order valence-corrected chi connectivity index (χ4v) is 2.98. The maximum Gasteiger partial charge on any atom is 0.220 e. The van der Waals surface area contributed by atoms with Gasteiger partial charge in [0.1, 0.15) is 0 Å². The average molecular weight is 275 g/mol. The molecule has 0 bridgehead atoms. The lowest BCUT2D eigenvalue weighted by molar-refractivity contribution is -0.121. The Balaban J connectivity index is 1.71. The number of carbonyl (C=O) groups excluding carboxylic acids is 1. The van der Waals surface area contributed by atoms with E-state index >= 15 is 0 Å². The Kier molecular flexibility index (Phi) is 6.06. The Labute approximate surface area is 121 Å². The molecule has 1 aromatic carbocycles. The minimum atomic E-state index is 0.0219. The van der Waals surface area contributed by atoms with Crippen LogP contribution in [0.25, 0.3) is 0 Å². The highest BCUT2D eigenvalue weighted by atomic mass is 16.3. The minimum Gasteiger partial charge on any atom is -0.392 e. The summed E-state index contributed by atoms with van der Waals surface area (Å²) < 4.78 is 0. The van der Waals surface area contributed by atoms with E-state index in [4.69, 9.17) is 0 Å². The number of carbonyl (C=O) groups is 1. The van der Waals surface area contributed by atoms with Crippen molar-refractivity contribution in [2.75, 3.05) is 0 Å². The van der Waals surface area contributed by atoms with Crippen LogP contribution in [0.4, 0.5) is 0 Å². The van der Waals surface area contributed by atoms with E-state index < -0.39 is 0 Å². The normalized spacial score (nSPS) is 16.1. The number of aliphatic hydroxyl groups excluding tert-OH is 1. The van der Waals surface area contributed by atoms with Crippen LogP contribution in [0.3, 0.4) is 0 Å². The van der Waals surface area contributed by atoms with Crippen molar-refractivity contribution in [1.82, 2.24) is 5.32 Å². The Morgan fingerprint density at radius 3 is 2.55 bits per heavy atom. The summed E-state index contributed by atoms with van der Waals surface area (Å²) in [6.07, 6.45) is 8.26. The maximum atomic E-state index is 11.9. The number of aliphatic hydroxyl groups is 1. The molecule has 0 heterocycles. The first-order chi connectivity index (χ1) is 9.79. The van der Waals surface area contributed by atoms with Gasteiger partial charge in [-0.25, -0.2) is 0 Å². The molecule has 1 aromatic rings. The van der Waals surface area contributed by atoms with Crippen LogP contribution >= 0.6 is 0 Å². The lowest BCUT2D eigenvalue weighted by Crippen LogP contribution is -2.24. The summed E-state index contributed by atoms with van der Waals surface area (Å²) in [6, 6.07) is 7.68. The number of amides is 1. The topological polar surface area (TPSA) is 49.3 Å². The third-order valence-corrected chi connectivity index (χ3v) is 4.27. The minimum absolute atomic E-state index is 0.0219. The van der Waals surface area contributed by atoms with Crippen molar-refractivity contribution >= 4 is 5.91 Å². The highest BCUT2D eigenvalue weighted by Crippen LogP contribution is 2.27. The molecule has 1 saturated carbocycles. The quantitative estimate of drug-likeness (QED) is 0.838. The van der Waals surface area contributed by atoms with Crippen LogP contribution in [0.1, 0.15) is 56.1 Å². The summed E-state index contributed by atoms with van der Waals surface area (Å²) in [6.45, 7) is 0.536. The molecule has 1 aliphatic rings. The molecule has 1 aliphatic carbocycles. The maximum absolute atomic E-state index is 11.9. The number of hydrogen-bond donors (Lipinski definition) is 2. The van der Waals surface area contributed by atoms with Crippen molar-refractivity contribution in [2.24, 2.45) is 5.92 Å². The second-order valence-electron chi connectivity index (χ2n) is 5.75. The van der Waals surface area contributed by atoms with E-state index in [1.165, 1.54) is 32.1 Å². The van der Waals surface area contributed by atoms with Crippen molar-refractivity contribution in [3.8, 4) is 0 Å². The van der Waals surface area contributed by atoms with E-state index in [1.54, 1.807) is 0 Å². The number of nitrogens with one attached hydrogen (secondary N) is 1. The third-order valence-electron chi connectivity index (χ3n) is 4.27. The molecule has 3 heteroatoms. The van der Waals surface area contributed by atoms with Crippen LogP contribution in [0, 0.1) is 5.92 Å². The van der Waals surface area contributed by atoms with Crippen molar-refractivity contribution < 1.29 is 9.90 Å². The third kappa shape index (κ3) is 4.64. The zero-order valence-corrected chi connectivity index (χ0v) is 12.1. The number of benzene rings is 1. The van der Waals surface area contributed by atoms with Gasteiger partial charge in [0.2, 0.25) is 5.91 Å². The molecule has 0 aromatic heterocycles. The van der Waals surface area contributed by atoms with Gasteiger partial charge in [-0.2, -0.15) is 0 Å². The van der Waals surface area contributed by atoms with Gasteiger partial charge in [0.05, 0.1) is 6.61 Å². The number of hydrogen-bond acceptors (Lipinski definition) is 2. The summed E-state index contributed by atoms with van der Waals surface area (Å²) in [4.78, 5) is 11.9. The Bertz CT molecular complexity index is 425. The van der Waals surface area contributed by atoms with Crippen LogP contribution in [0.2, 0.25) is 0 Å². The second-order valence-corrected chi connectivity index (χ2v) is 5.75. The molecule has 2 N–H and O–H groups in total. The highest BCUT2D eigenvalue weighted by molar-refractivity contribution is 5.75. The van der Waals surface area contributed by atoms with Crippen LogP contribution in [-0.2, 0) is 17.9 Å². The van der Waals surface area contributed by atoms with Crippen molar-refractivity contribution in [3.05, 3.63) is 35.4 Å².